The molecule has 0 atom stereocenters. The first kappa shape index (κ1) is 17.6. The van der Waals surface area contributed by atoms with Gasteiger partial charge in [-0.05, 0) is 20.3 Å². The van der Waals surface area contributed by atoms with Crippen molar-refractivity contribution in [2.75, 3.05) is 6.54 Å². The third kappa shape index (κ3) is 15.6. The van der Waals surface area contributed by atoms with Crippen molar-refractivity contribution in [3.63, 3.8) is 0 Å². The molecule has 0 unspecified atom stereocenters. The SMILES string of the molecule is CCCCCCCCCCCC/N=N/C(C)(C)O. The highest BCUT2D eigenvalue weighted by atomic mass is 16.3. The van der Waals surface area contributed by atoms with E-state index in [0.29, 0.717) is 0 Å². The van der Waals surface area contributed by atoms with Crippen LogP contribution >= 0.6 is 0 Å². The maximum atomic E-state index is 9.32. The van der Waals surface area contributed by atoms with Crippen molar-refractivity contribution >= 4 is 0 Å². The zero-order chi connectivity index (χ0) is 13.7. The first-order chi connectivity index (χ1) is 8.56. The minimum Gasteiger partial charge on any atom is -0.368 e. The topological polar surface area (TPSA) is 45.0 Å². The molecule has 0 fully saturated rings. The second kappa shape index (κ2) is 11.6. The number of hydrogen-bond acceptors (Lipinski definition) is 3. The van der Waals surface area contributed by atoms with E-state index in [4.69, 9.17) is 0 Å². The Balaban J connectivity index is 3.10. The molecule has 0 bridgehead atoms. The molecule has 1 N–H and O–H groups in total. The lowest BCUT2D eigenvalue weighted by molar-refractivity contribution is 0.0815. The highest BCUT2D eigenvalue weighted by Crippen LogP contribution is 2.10. The largest absolute Gasteiger partial charge is 0.368 e. The predicted octanol–water partition coefficient (Wildman–Crippen LogP) is 5.09. The van der Waals surface area contributed by atoms with Crippen LogP contribution in [0.3, 0.4) is 0 Å². The van der Waals surface area contributed by atoms with Gasteiger partial charge in [0.2, 0.25) is 0 Å². The van der Waals surface area contributed by atoms with Crippen LogP contribution in [0.25, 0.3) is 0 Å². The summed E-state index contributed by atoms with van der Waals surface area (Å²) in [5.74, 6) is 0. The maximum Gasteiger partial charge on any atom is 0.170 e. The predicted molar refractivity (Wildman–Crippen MR) is 77.9 cm³/mol. The third-order valence-corrected chi connectivity index (χ3v) is 2.93. The maximum absolute atomic E-state index is 9.32. The van der Waals surface area contributed by atoms with E-state index in [1.54, 1.807) is 13.8 Å². The van der Waals surface area contributed by atoms with Gasteiger partial charge in [-0.2, -0.15) is 10.2 Å². The van der Waals surface area contributed by atoms with Crippen LogP contribution in [0, 0.1) is 0 Å². The fraction of sp³-hybridized carbons (Fsp3) is 1.00. The fourth-order valence-electron chi connectivity index (χ4n) is 1.89. The number of rotatable bonds is 12. The van der Waals surface area contributed by atoms with Gasteiger partial charge in [0.25, 0.3) is 0 Å². The summed E-state index contributed by atoms with van der Waals surface area (Å²) >= 11 is 0. The van der Waals surface area contributed by atoms with Gasteiger partial charge >= 0.3 is 0 Å². The average Bonchev–Trinajstić information content (AvgIpc) is 2.29. The Labute approximate surface area is 113 Å². The summed E-state index contributed by atoms with van der Waals surface area (Å²) in [5.41, 5.74) is -1.00. The van der Waals surface area contributed by atoms with Crippen LogP contribution in [0.5, 0.6) is 0 Å². The minimum atomic E-state index is -1.00. The number of azo groups is 1. The number of nitrogens with zero attached hydrogens (tertiary/aromatic N) is 2. The Hall–Kier alpha value is -0.440. The molecule has 0 aliphatic rings. The second-order valence-corrected chi connectivity index (χ2v) is 5.64. The van der Waals surface area contributed by atoms with Crippen LogP contribution in [0.4, 0.5) is 0 Å². The van der Waals surface area contributed by atoms with Crippen LogP contribution in [-0.2, 0) is 0 Å². The molecule has 0 heterocycles. The van der Waals surface area contributed by atoms with Crippen molar-refractivity contribution in [3.8, 4) is 0 Å². The molecule has 0 saturated carbocycles. The summed E-state index contributed by atoms with van der Waals surface area (Å²) in [6.07, 6.45) is 13.3. The van der Waals surface area contributed by atoms with E-state index in [1.807, 2.05) is 0 Å². The zero-order valence-electron chi connectivity index (χ0n) is 12.6. The van der Waals surface area contributed by atoms with Gasteiger partial charge in [-0.15, -0.1) is 0 Å². The van der Waals surface area contributed by atoms with Crippen molar-refractivity contribution in [1.82, 2.24) is 0 Å². The van der Waals surface area contributed by atoms with Crippen molar-refractivity contribution < 1.29 is 5.11 Å². The van der Waals surface area contributed by atoms with Crippen LogP contribution in [0.2, 0.25) is 0 Å². The molecular formula is C15H32N2O. The van der Waals surface area contributed by atoms with E-state index in [1.165, 1.54) is 57.8 Å². The van der Waals surface area contributed by atoms with E-state index < -0.39 is 5.72 Å². The minimum absolute atomic E-state index is 0.750. The Morgan fingerprint density at radius 1 is 0.778 bits per heavy atom. The molecule has 0 aliphatic carbocycles. The molecular weight excluding hydrogens is 224 g/mol. The number of aliphatic hydroxyl groups is 1. The van der Waals surface area contributed by atoms with Gasteiger partial charge in [-0.25, -0.2) is 0 Å². The molecule has 0 rings (SSSR count). The summed E-state index contributed by atoms with van der Waals surface area (Å²) < 4.78 is 0. The summed E-state index contributed by atoms with van der Waals surface area (Å²) in [4.78, 5) is 0. The molecule has 108 valence electrons. The zero-order valence-corrected chi connectivity index (χ0v) is 12.6. The number of hydrogen-bond donors (Lipinski definition) is 1. The molecule has 0 amide bonds. The second-order valence-electron chi connectivity index (χ2n) is 5.64. The standard InChI is InChI=1S/C15H32N2O/c1-4-5-6-7-8-9-10-11-12-13-14-16-17-15(2,3)18/h18H,4-14H2,1-3H3/b17-16+. The van der Waals surface area contributed by atoms with E-state index in [2.05, 4.69) is 17.2 Å². The molecule has 0 aliphatic heterocycles. The Morgan fingerprint density at radius 2 is 1.22 bits per heavy atom. The van der Waals surface area contributed by atoms with Crippen LogP contribution in [0.15, 0.2) is 10.2 Å². The molecule has 0 spiro atoms. The van der Waals surface area contributed by atoms with Gasteiger partial charge in [-0.1, -0.05) is 64.7 Å². The van der Waals surface area contributed by atoms with E-state index >= 15 is 0 Å². The van der Waals surface area contributed by atoms with Crippen LogP contribution in [-0.4, -0.2) is 17.4 Å². The van der Waals surface area contributed by atoms with Crippen molar-refractivity contribution in [3.05, 3.63) is 0 Å². The van der Waals surface area contributed by atoms with Crippen molar-refractivity contribution in [1.29, 1.82) is 0 Å². The van der Waals surface area contributed by atoms with Gasteiger partial charge in [0.15, 0.2) is 5.72 Å². The van der Waals surface area contributed by atoms with Crippen LogP contribution in [0.1, 0.15) is 85.0 Å². The van der Waals surface area contributed by atoms with E-state index in [0.717, 1.165) is 13.0 Å². The Kier molecular flexibility index (Phi) is 11.4. The molecule has 0 aromatic carbocycles. The molecule has 0 aromatic heterocycles. The quantitative estimate of drug-likeness (QED) is 0.384. The van der Waals surface area contributed by atoms with E-state index in [-0.39, 0.29) is 0 Å². The molecule has 0 aromatic rings. The lowest BCUT2D eigenvalue weighted by Gasteiger charge is -2.07. The molecule has 18 heavy (non-hydrogen) atoms. The van der Waals surface area contributed by atoms with Gasteiger partial charge < -0.3 is 5.11 Å². The van der Waals surface area contributed by atoms with Crippen LogP contribution < -0.4 is 0 Å². The highest BCUT2D eigenvalue weighted by Gasteiger charge is 2.07. The lowest BCUT2D eigenvalue weighted by Crippen LogP contribution is -2.13. The Bertz CT molecular complexity index is 197. The summed E-state index contributed by atoms with van der Waals surface area (Å²) in [7, 11) is 0. The third-order valence-electron chi connectivity index (χ3n) is 2.93. The fourth-order valence-corrected chi connectivity index (χ4v) is 1.89. The van der Waals surface area contributed by atoms with Crippen molar-refractivity contribution in [2.45, 2.75) is 90.7 Å². The molecule has 0 radical (unpaired) electrons. The van der Waals surface area contributed by atoms with Crippen molar-refractivity contribution in [2.24, 2.45) is 10.2 Å². The first-order valence-electron chi connectivity index (χ1n) is 7.67. The summed E-state index contributed by atoms with van der Waals surface area (Å²) in [5, 5.41) is 17.1. The van der Waals surface area contributed by atoms with E-state index in [9.17, 15) is 5.11 Å². The lowest BCUT2D eigenvalue weighted by atomic mass is 10.1. The normalized spacial score (nSPS) is 12.4. The highest BCUT2D eigenvalue weighted by molar-refractivity contribution is 4.57. The van der Waals surface area contributed by atoms with Gasteiger partial charge in [-0.3, -0.25) is 0 Å². The van der Waals surface area contributed by atoms with Gasteiger partial charge in [0.1, 0.15) is 0 Å². The van der Waals surface area contributed by atoms with Gasteiger partial charge in [0, 0.05) is 0 Å². The monoisotopic (exact) mass is 256 g/mol. The molecule has 3 heteroatoms. The average molecular weight is 256 g/mol. The summed E-state index contributed by atoms with van der Waals surface area (Å²) in [6.45, 7) is 6.31. The summed E-state index contributed by atoms with van der Waals surface area (Å²) in [6, 6.07) is 0. The van der Waals surface area contributed by atoms with Gasteiger partial charge in [0.05, 0.1) is 6.54 Å². The first-order valence-corrected chi connectivity index (χ1v) is 7.67. The number of unbranched alkanes of at least 4 members (excludes halogenated alkanes) is 9. The smallest absolute Gasteiger partial charge is 0.170 e. The Morgan fingerprint density at radius 3 is 1.67 bits per heavy atom. The molecule has 0 saturated heterocycles. The molecule has 3 nitrogen and oxygen atoms in total.